The van der Waals surface area contributed by atoms with Crippen molar-refractivity contribution < 1.29 is 28.6 Å². The lowest BCUT2D eigenvalue weighted by atomic mass is 10.00. The Hall–Kier alpha value is -1.59. The molecular formula is C47H90O6. The largest absolute Gasteiger partial charge is 0.462 e. The zero-order valence-corrected chi connectivity index (χ0v) is 36.1. The Bertz CT molecular complexity index is 811. The van der Waals surface area contributed by atoms with E-state index in [-0.39, 0.29) is 31.1 Å². The van der Waals surface area contributed by atoms with Gasteiger partial charge >= 0.3 is 17.9 Å². The van der Waals surface area contributed by atoms with Gasteiger partial charge < -0.3 is 14.2 Å². The Morgan fingerprint density at radius 2 is 0.717 bits per heavy atom. The average molecular weight is 751 g/mol. The number of carbonyl (C=O) groups is 3. The van der Waals surface area contributed by atoms with Crippen molar-refractivity contribution >= 4 is 17.9 Å². The van der Waals surface area contributed by atoms with Crippen molar-refractivity contribution in [3.05, 3.63) is 0 Å². The fourth-order valence-corrected chi connectivity index (χ4v) is 6.90. The molecule has 0 rings (SSSR count). The summed E-state index contributed by atoms with van der Waals surface area (Å²) in [5.74, 6) is 0.774. The Balaban J connectivity index is 4.34. The van der Waals surface area contributed by atoms with Crippen LogP contribution in [0, 0.1) is 11.8 Å². The molecule has 0 aromatic carbocycles. The molecule has 0 saturated carbocycles. The van der Waals surface area contributed by atoms with Gasteiger partial charge in [-0.25, -0.2) is 0 Å². The van der Waals surface area contributed by atoms with Crippen LogP contribution in [0.2, 0.25) is 0 Å². The Kier molecular flexibility index (Phi) is 38.9. The van der Waals surface area contributed by atoms with E-state index in [1.54, 1.807) is 0 Å². The minimum Gasteiger partial charge on any atom is -0.462 e. The predicted molar refractivity (Wildman–Crippen MR) is 224 cm³/mol. The maximum absolute atomic E-state index is 12.7. The highest BCUT2D eigenvalue weighted by Gasteiger charge is 2.19. The van der Waals surface area contributed by atoms with Crippen LogP contribution in [-0.2, 0) is 28.6 Å². The SMILES string of the molecule is CCCCCCCCCCCCCCC(=O)O[C@@H](COC(=O)CCCCCCCCCCCCC(C)C)COC(=O)CCCCCCCCC(C)CC. The number of hydrogen-bond donors (Lipinski definition) is 0. The number of unbranched alkanes of at least 4 members (excludes halogenated alkanes) is 25. The number of rotatable bonds is 41. The van der Waals surface area contributed by atoms with Gasteiger partial charge in [-0.15, -0.1) is 0 Å². The molecule has 0 aromatic rings. The fourth-order valence-electron chi connectivity index (χ4n) is 6.90. The van der Waals surface area contributed by atoms with Gasteiger partial charge in [-0.1, -0.05) is 214 Å². The molecule has 53 heavy (non-hydrogen) atoms. The van der Waals surface area contributed by atoms with E-state index in [2.05, 4.69) is 34.6 Å². The van der Waals surface area contributed by atoms with Crippen molar-refractivity contribution in [2.24, 2.45) is 11.8 Å². The lowest BCUT2D eigenvalue weighted by Gasteiger charge is -2.18. The number of carbonyl (C=O) groups excluding carboxylic acids is 3. The minimum atomic E-state index is -0.761. The summed E-state index contributed by atoms with van der Waals surface area (Å²) < 4.78 is 16.7. The number of ether oxygens (including phenoxy) is 3. The maximum Gasteiger partial charge on any atom is 0.306 e. The van der Waals surface area contributed by atoms with E-state index >= 15 is 0 Å². The normalized spacial score (nSPS) is 12.6. The third-order valence-corrected chi connectivity index (χ3v) is 10.8. The minimum absolute atomic E-state index is 0.0654. The van der Waals surface area contributed by atoms with Crippen molar-refractivity contribution in [2.75, 3.05) is 13.2 Å². The molecule has 0 aliphatic rings. The van der Waals surface area contributed by atoms with E-state index in [1.165, 1.54) is 141 Å². The Morgan fingerprint density at radius 1 is 0.396 bits per heavy atom. The standard InChI is InChI=1S/C47H90O6/c1-6-8-9-10-11-12-13-14-19-22-29-34-39-47(50)53-44(41-52-46(49)38-33-28-24-23-26-31-36-43(5)7-2)40-51-45(48)37-32-27-21-18-16-15-17-20-25-30-35-42(3)4/h42-44H,6-41H2,1-5H3/t43?,44-/m0/s1. The molecule has 0 amide bonds. The van der Waals surface area contributed by atoms with Crippen molar-refractivity contribution in [3.63, 3.8) is 0 Å². The molecule has 0 heterocycles. The van der Waals surface area contributed by atoms with Crippen molar-refractivity contribution in [1.29, 1.82) is 0 Å². The average Bonchev–Trinajstić information content (AvgIpc) is 3.14. The Labute approximate surface area is 329 Å². The lowest BCUT2D eigenvalue weighted by molar-refractivity contribution is -0.167. The number of hydrogen-bond acceptors (Lipinski definition) is 6. The van der Waals surface area contributed by atoms with Crippen LogP contribution < -0.4 is 0 Å². The van der Waals surface area contributed by atoms with Crippen LogP contribution in [0.25, 0.3) is 0 Å². The molecule has 0 aromatic heterocycles. The molecule has 0 aliphatic heterocycles. The topological polar surface area (TPSA) is 78.9 Å². The highest BCUT2D eigenvalue weighted by molar-refractivity contribution is 5.71. The van der Waals surface area contributed by atoms with Crippen LogP contribution in [0.3, 0.4) is 0 Å². The molecular weight excluding hydrogens is 661 g/mol. The van der Waals surface area contributed by atoms with E-state index in [9.17, 15) is 14.4 Å². The van der Waals surface area contributed by atoms with Crippen LogP contribution in [0.15, 0.2) is 0 Å². The molecule has 0 aliphatic carbocycles. The smallest absolute Gasteiger partial charge is 0.306 e. The van der Waals surface area contributed by atoms with E-state index in [0.717, 1.165) is 69.6 Å². The molecule has 6 nitrogen and oxygen atoms in total. The van der Waals surface area contributed by atoms with E-state index < -0.39 is 6.10 Å². The van der Waals surface area contributed by atoms with Gasteiger partial charge in [0.25, 0.3) is 0 Å². The highest BCUT2D eigenvalue weighted by atomic mass is 16.6. The second kappa shape index (κ2) is 40.1. The summed E-state index contributed by atoms with van der Waals surface area (Å²) in [6, 6.07) is 0. The molecule has 1 unspecified atom stereocenters. The molecule has 314 valence electrons. The summed E-state index contributed by atoms with van der Waals surface area (Å²) >= 11 is 0. The molecule has 2 atom stereocenters. The zero-order valence-electron chi connectivity index (χ0n) is 36.1. The maximum atomic E-state index is 12.7. The summed E-state index contributed by atoms with van der Waals surface area (Å²) in [5, 5.41) is 0. The first-order valence-electron chi connectivity index (χ1n) is 23.3. The first kappa shape index (κ1) is 51.4. The van der Waals surface area contributed by atoms with E-state index in [0.29, 0.717) is 19.3 Å². The molecule has 0 bridgehead atoms. The molecule has 6 heteroatoms. The van der Waals surface area contributed by atoms with Gasteiger partial charge in [-0.2, -0.15) is 0 Å². The van der Waals surface area contributed by atoms with Gasteiger partial charge in [-0.3, -0.25) is 14.4 Å². The molecule has 0 radical (unpaired) electrons. The third kappa shape index (κ3) is 39.9. The van der Waals surface area contributed by atoms with Crippen LogP contribution in [0.5, 0.6) is 0 Å². The van der Waals surface area contributed by atoms with Crippen LogP contribution in [0.4, 0.5) is 0 Å². The predicted octanol–water partition coefficient (Wildman–Crippen LogP) is 14.6. The van der Waals surface area contributed by atoms with Crippen LogP contribution in [-0.4, -0.2) is 37.2 Å². The van der Waals surface area contributed by atoms with Gasteiger partial charge in [0.05, 0.1) is 0 Å². The van der Waals surface area contributed by atoms with Crippen LogP contribution >= 0.6 is 0 Å². The zero-order chi connectivity index (χ0) is 39.0. The first-order valence-corrected chi connectivity index (χ1v) is 23.3. The second-order valence-corrected chi connectivity index (χ2v) is 16.8. The quantitative estimate of drug-likeness (QED) is 0.0352. The fraction of sp³-hybridized carbons (Fsp3) is 0.936. The molecule has 0 N–H and O–H groups in total. The van der Waals surface area contributed by atoms with Crippen molar-refractivity contribution in [1.82, 2.24) is 0 Å². The highest BCUT2D eigenvalue weighted by Crippen LogP contribution is 2.17. The Morgan fingerprint density at radius 3 is 1.08 bits per heavy atom. The van der Waals surface area contributed by atoms with Crippen molar-refractivity contribution in [2.45, 2.75) is 259 Å². The van der Waals surface area contributed by atoms with Gasteiger partial charge in [0.15, 0.2) is 6.10 Å². The summed E-state index contributed by atoms with van der Waals surface area (Å²) in [4.78, 5) is 37.7. The van der Waals surface area contributed by atoms with E-state index in [4.69, 9.17) is 14.2 Å². The van der Waals surface area contributed by atoms with Gasteiger partial charge in [0, 0.05) is 19.3 Å². The van der Waals surface area contributed by atoms with Crippen LogP contribution in [0.1, 0.15) is 253 Å². The second-order valence-electron chi connectivity index (χ2n) is 16.8. The monoisotopic (exact) mass is 751 g/mol. The third-order valence-electron chi connectivity index (χ3n) is 10.8. The van der Waals surface area contributed by atoms with Gasteiger partial charge in [0.2, 0.25) is 0 Å². The molecule has 0 spiro atoms. The summed E-state index contributed by atoms with van der Waals surface area (Å²) in [6.07, 6.45) is 38.0. The number of esters is 3. The first-order chi connectivity index (χ1) is 25.8. The summed E-state index contributed by atoms with van der Waals surface area (Å²) in [7, 11) is 0. The summed E-state index contributed by atoms with van der Waals surface area (Å²) in [5.41, 5.74) is 0. The lowest BCUT2D eigenvalue weighted by Crippen LogP contribution is -2.30. The van der Waals surface area contributed by atoms with Gasteiger partial charge in [0.1, 0.15) is 13.2 Å². The molecule has 0 saturated heterocycles. The molecule has 0 fully saturated rings. The van der Waals surface area contributed by atoms with Crippen molar-refractivity contribution in [3.8, 4) is 0 Å². The van der Waals surface area contributed by atoms with Gasteiger partial charge in [-0.05, 0) is 31.1 Å². The summed E-state index contributed by atoms with van der Waals surface area (Å²) in [6.45, 7) is 11.3. The van der Waals surface area contributed by atoms with E-state index in [1.807, 2.05) is 0 Å².